The molecule has 23 heavy (non-hydrogen) atoms. The highest BCUT2D eigenvalue weighted by molar-refractivity contribution is 7.88. The summed E-state index contributed by atoms with van der Waals surface area (Å²) in [5.74, 6) is 0.995. The van der Waals surface area contributed by atoms with Gasteiger partial charge in [-0.1, -0.05) is 0 Å². The zero-order chi connectivity index (χ0) is 16.6. The Hall–Kier alpha value is -1.93. The minimum Gasteiger partial charge on any atom is -0.508 e. The van der Waals surface area contributed by atoms with Gasteiger partial charge in [0.25, 0.3) is 0 Å². The number of nitrogens with zero attached hydrogens (tertiary/aromatic N) is 4. The van der Waals surface area contributed by atoms with Gasteiger partial charge < -0.3 is 10.0 Å². The molecule has 7 nitrogen and oxygen atoms in total. The van der Waals surface area contributed by atoms with Gasteiger partial charge in [0.2, 0.25) is 10.0 Å². The van der Waals surface area contributed by atoms with E-state index in [2.05, 4.69) is 14.9 Å². The van der Waals surface area contributed by atoms with Crippen molar-refractivity contribution in [1.82, 2.24) is 14.3 Å². The number of hydrogen-bond acceptors (Lipinski definition) is 6. The van der Waals surface area contributed by atoms with E-state index < -0.39 is 10.0 Å². The van der Waals surface area contributed by atoms with Crippen molar-refractivity contribution >= 4 is 26.7 Å². The van der Waals surface area contributed by atoms with Crippen LogP contribution in [0.3, 0.4) is 0 Å². The maximum atomic E-state index is 11.7. The van der Waals surface area contributed by atoms with E-state index >= 15 is 0 Å². The van der Waals surface area contributed by atoms with Gasteiger partial charge in [0.15, 0.2) is 0 Å². The number of aromatic hydroxyl groups is 1. The van der Waals surface area contributed by atoms with Crippen LogP contribution in [0.25, 0.3) is 10.9 Å². The number of phenolic OH excluding ortho intramolecular Hbond substituents is 1. The van der Waals surface area contributed by atoms with Crippen molar-refractivity contribution in [3.63, 3.8) is 0 Å². The van der Waals surface area contributed by atoms with Crippen LogP contribution >= 0.6 is 0 Å². The van der Waals surface area contributed by atoms with Gasteiger partial charge in [-0.3, -0.25) is 0 Å². The van der Waals surface area contributed by atoms with Crippen molar-refractivity contribution in [2.75, 3.05) is 37.3 Å². The molecule has 1 saturated heterocycles. The van der Waals surface area contributed by atoms with Crippen LogP contribution in [0.2, 0.25) is 0 Å². The molecule has 8 heteroatoms. The SMILES string of the molecule is Cc1cc2c(N3CCCN(S(C)(=O)=O)CC3)ncnc2cc1O. The van der Waals surface area contributed by atoms with Gasteiger partial charge in [-0.05, 0) is 25.0 Å². The number of hydrogen-bond donors (Lipinski definition) is 1. The van der Waals surface area contributed by atoms with E-state index in [1.165, 1.54) is 16.9 Å². The Bertz CT molecular complexity index is 838. The minimum atomic E-state index is -3.17. The zero-order valence-electron chi connectivity index (χ0n) is 13.2. The Balaban J connectivity index is 1.96. The van der Waals surface area contributed by atoms with Gasteiger partial charge in [-0.15, -0.1) is 0 Å². The molecule has 1 fully saturated rings. The molecule has 0 unspecified atom stereocenters. The molecule has 1 N–H and O–H groups in total. The normalized spacial score (nSPS) is 17.4. The number of phenols is 1. The minimum absolute atomic E-state index is 0.210. The third kappa shape index (κ3) is 3.23. The van der Waals surface area contributed by atoms with E-state index in [1.807, 2.05) is 13.0 Å². The fourth-order valence-electron chi connectivity index (χ4n) is 2.88. The first kappa shape index (κ1) is 15.9. The average molecular weight is 336 g/mol. The molecule has 0 atom stereocenters. The number of rotatable bonds is 2. The number of anilines is 1. The van der Waals surface area contributed by atoms with Crippen LogP contribution in [0.5, 0.6) is 5.75 Å². The fraction of sp³-hybridized carbons (Fsp3) is 0.467. The van der Waals surface area contributed by atoms with E-state index in [9.17, 15) is 13.5 Å². The summed E-state index contributed by atoms with van der Waals surface area (Å²) in [6.07, 6.45) is 3.47. The van der Waals surface area contributed by atoms with Crippen LogP contribution in [0, 0.1) is 6.92 Å². The topological polar surface area (TPSA) is 86.6 Å². The molecule has 0 saturated carbocycles. The molecule has 0 aliphatic carbocycles. The maximum Gasteiger partial charge on any atom is 0.211 e. The van der Waals surface area contributed by atoms with Crippen molar-refractivity contribution in [3.8, 4) is 5.75 Å². The van der Waals surface area contributed by atoms with E-state index in [0.29, 0.717) is 25.2 Å². The van der Waals surface area contributed by atoms with Gasteiger partial charge in [0.05, 0.1) is 11.8 Å². The summed E-state index contributed by atoms with van der Waals surface area (Å²) in [5, 5.41) is 10.7. The lowest BCUT2D eigenvalue weighted by Gasteiger charge is -2.23. The summed E-state index contributed by atoms with van der Waals surface area (Å²) in [7, 11) is -3.17. The van der Waals surface area contributed by atoms with E-state index in [1.54, 1.807) is 6.07 Å². The number of fused-ring (bicyclic) bond motifs is 1. The average Bonchev–Trinajstić information content (AvgIpc) is 2.73. The van der Waals surface area contributed by atoms with Crippen LogP contribution in [0.15, 0.2) is 18.5 Å². The maximum absolute atomic E-state index is 11.7. The van der Waals surface area contributed by atoms with Crippen molar-refractivity contribution in [1.29, 1.82) is 0 Å². The largest absolute Gasteiger partial charge is 0.508 e. The van der Waals surface area contributed by atoms with Gasteiger partial charge >= 0.3 is 0 Å². The van der Waals surface area contributed by atoms with E-state index in [0.717, 1.165) is 29.7 Å². The summed E-state index contributed by atoms with van der Waals surface area (Å²) >= 11 is 0. The predicted octanol–water partition coefficient (Wildman–Crippen LogP) is 1.12. The molecule has 3 rings (SSSR count). The second-order valence-corrected chi connectivity index (χ2v) is 7.84. The molecule has 2 heterocycles. The molecule has 1 aliphatic heterocycles. The van der Waals surface area contributed by atoms with E-state index in [-0.39, 0.29) is 5.75 Å². The van der Waals surface area contributed by atoms with Crippen molar-refractivity contribution in [3.05, 3.63) is 24.0 Å². The number of aryl methyl sites for hydroxylation is 1. The van der Waals surface area contributed by atoms with Gasteiger partial charge in [0.1, 0.15) is 17.9 Å². The molecule has 0 radical (unpaired) electrons. The van der Waals surface area contributed by atoms with E-state index in [4.69, 9.17) is 0 Å². The monoisotopic (exact) mass is 336 g/mol. The van der Waals surface area contributed by atoms with Crippen LogP contribution in [0.1, 0.15) is 12.0 Å². The first-order valence-corrected chi connectivity index (χ1v) is 9.35. The Labute approximate surface area is 135 Å². The van der Waals surface area contributed by atoms with Crippen molar-refractivity contribution in [2.24, 2.45) is 0 Å². The van der Waals surface area contributed by atoms with Crippen LogP contribution < -0.4 is 4.90 Å². The summed E-state index contributed by atoms with van der Waals surface area (Å²) in [6, 6.07) is 3.51. The van der Waals surface area contributed by atoms with Gasteiger partial charge in [-0.25, -0.2) is 22.7 Å². The molecule has 1 aromatic heterocycles. The molecule has 1 aliphatic rings. The lowest BCUT2D eigenvalue weighted by atomic mass is 10.1. The lowest BCUT2D eigenvalue weighted by Crippen LogP contribution is -2.34. The lowest BCUT2D eigenvalue weighted by molar-refractivity contribution is 0.437. The summed E-state index contributed by atoms with van der Waals surface area (Å²) in [6.45, 7) is 4.12. The zero-order valence-corrected chi connectivity index (χ0v) is 14.0. The highest BCUT2D eigenvalue weighted by atomic mass is 32.2. The molecular weight excluding hydrogens is 316 g/mol. The highest BCUT2D eigenvalue weighted by Crippen LogP contribution is 2.29. The summed E-state index contributed by atoms with van der Waals surface area (Å²) in [4.78, 5) is 10.7. The van der Waals surface area contributed by atoms with Crippen LogP contribution in [-0.4, -0.2) is 60.2 Å². The molecule has 0 bridgehead atoms. The van der Waals surface area contributed by atoms with Crippen LogP contribution in [-0.2, 0) is 10.0 Å². The van der Waals surface area contributed by atoms with Crippen LogP contribution in [0.4, 0.5) is 5.82 Å². The standard InChI is InChI=1S/C15H20N4O3S/c1-11-8-12-13(9-14(11)20)16-10-17-15(12)18-4-3-5-19(7-6-18)23(2,21)22/h8-10,20H,3-7H2,1-2H3. The van der Waals surface area contributed by atoms with Gasteiger partial charge in [0, 0.05) is 37.6 Å². The molecule has 2 aromatic rings. The highest BCUT2D eigenvalue weighted by Gasteiger charge is 2.23. The number of sulfonamides is 1. The molecular formula is C15H20N4O3S. The molecule has 0 amide bonds. The van der Waals surface area contributed by atoms with Gasteiger partial charge in [-0.2, -0.15) is 0 Å². The number of aromatic nitrogens is 2. The second kappa shape index (κ2) is 5.93. The van der Waals surface area contributed by atoms with Crippen molar-refractivity contribution < 1.29 is 13.5 Å². The third-order valence-corrected chi connectivity index (χ3v) is 5.46. The Kier molecular flexibility index (Phi) is 4.11. The molecule has 124 valence electrons. The second-order valence-electron chi connectivity index (χ2n) is 5.86. The Morgan fingerprint density at radius 2 is 1.91 bits per heavy atom. The number of benzene rings is 1. The summed E-state index contributed by atoms with van der Waals surface area (Å²) in [5.41, 5.74) is 1.45. The first-order valence-electron chi connectivity index (χ1n) is 7.50. The molecule has 0 spiro atoms. The Morgan fingerprint density at radius 1 is 1.13 bits per heavy atom. The fourth-order valence-corrected chi connectivity index (χ4v) is 3.75. The molecule has 1 aromatic carbocycles. The predicted molar refractivity (Wildman–Crippen MR) is 89.2 cm³/mol. The summed E-state index contributed by atoms with van der Waals surface area (Å²) < 4.78 is 25.0. The third-order valence-electron chi connectivity index (χ3n) is 4.16. The quantitative estimate of drug-likeness (QED) is 0.884. The first-order chi connectivity index (χ1) is 10.9. The smallest absolute Gasteiger partial charge is 0.211 e. The van der Waals surface area contributed by atoms with Crippen molar-refractivity contribution in [2.45, 2.75) is 13.3 Å². The Morgan fingerprint density at radius 3 is 2.65 bits per heavy atom.